The van der Waals surface area contributed by atoms with Gasteiger partial charge in [-0.3, -0.25) is 4.79 Å². The van der Waals surface area contributed by atoms with Crippen molar-refractivity contribution in [1.29, 1.82) is 5.26 Å². The number of halogens is 3. The third-order valence-corrected chi connectivity index (χ3v) is 6.82. The maximum Gasteiger partial charge on any atom is 0.252 e. The van der Waals surface area contributed by atoms with Gasteiger partial charge in [0.1, 0.15) is 50.4 Å². The fourth-order valence-electron chi connectivity index (χ4n) is 5.10. The molecule has 6 nitrogen and oxygen atoms in total. The predicted molar refractivity (Wildman–Crippen MR) is 130 cm³/mol. The standard InChI is InChI=1S/C23H24B2F3N5O/c1-12-11-33(23(24,25)21-16(27)6-14(26)7-17(21)28)13(2)10-32(12)19-8-20(34)31(3)18-5-4-15(9-29)30-22(18)19/h4-8,12-13H,10-11,24-25H2,1-3H3/t12-,13+/m0/s1. The molecule has 0 spiro atoms. The molecule has 1 saturated heterocycles. The smallest absolute Gasteiger partial charge is 0.252 e. The lowest BCUT2D eigenvalue weighted by atomic mass is 9.56. The van der Waals surface area contributed by atoms with E-state index in [0.717, 1.165) is 0 Å². The molecule has 0 aliphatic carbocycles. The monoisotopic (exact) mass is 465 g/mol. The summed E-state index contributed by atoms with van der Waals surface area (Å²) in [7, 11) is 5.10. The molecule has 11 heteroatoms. The molecule has 174 valence electrons. The Labute approximate surface area is 197 Å². The minimum Gasteiger partial charge on any atom is -0.364 e. The van der Waals surface area contributed by atoms with Crippen molar-refractivity contribution in [2.75, 3.05) is 18.0 Å². The Morgan fingerprint density at radius 1 is 1.09 bits per heavy atom. The molecule has 1 aromatic carbocycles. The first-order valence-electron chi connectivity index (χ1n) is 11.0. The zero-order chi connectivity index (χ0) is 24.9. The topological polar surface area (TPSA) is 65.2 Å². The molecule has 4 rings (SSSR count). The van der Waals surface area contributed by atoms with Crippen LogP contribution in [0.3, 0.4) is 0 Å². The van der Waals surface area contributed by atoms with E-state index in [1.807, 2.05) is 29.7 Å². The largest absolute Gasteiger partial charge is 0.364 e. The van der Waals surface area contributed by atoms with Crippen LogP contribution in [0.1, 0.15) is 25.1 Å². The van der Waals surface area contributed by atoms with Crippen molar-refractivity contribution in [3.05, 3.63) is 69.4 Å². The van der Waals surface area contributed by atoms with Gasteiger partial charge in [-0.15, -0.1) is 0 Å². The van der Waals surface area contributed by atoms with Crippen molar-refractivity contribution in [2.24, 2.45) is 7.05 Å². The molecule has 34 heavy (non-hydrogen) atoms. The number of hydrogen-bond donors (Lipinski definition) is 0. The number of nitrogens with zero attached hydrogens (tertiary/aromatic N) is 5. The lowest BCUT2D eigenvalue weighted by molar-refractivity contribution is 0.123. The van der Waals surface area contributed by atoms with Crippen LogP contribution in [-0.4, -0.2) is 55.3 Å². The maximum absolute atomic E-state index is 14.7. The van der Waals surface area contributed by atoms with Crippen LogP contribution in [0.5, 0.6) is 0 Å². The molecule has 1 aliphatic heterocycles. The molecule has 2 aromatic heterocycles. The van der Waals surface area contributed by atoms with E-state index >= 15 is 0 Å². The number of aryl methyl sites for hydroxylation is 1. The van der Waals surface area contributed by atoms with Gasteiger partial charge in [-0.25, -0.2) is 18.2 Å². The van der Waals surface area contributed by atoms with Crippen molar-refractivity contribution in [3.8, 4) is 6.07 Å². The predicted octanol–water partition coefficient (Wildman–Crippen LogP) is 1.20. The van der Waals surface area contributed by atoms with Crippen LogP contribution < -0.4 is 10.5 Å². The SMILES string of the molecule is BC(B)(c1c(F)cc(F)cc1F)N1C[C@H](C)N(c2cc(=O)n(C)c3ccc(C#N)nc23)C[C@H]1C. The quantitative estimate of drug-likeness (QED) is 0.545. The van der Waals surface area contributed by atoms with E-state index in [0.29, 0.717) is 41.9 Å². The number of aromatic nitrogens is 2. The average molecular weight is 465 g/mol. The number of pyridine rings is 2. The Kier molecular flexibility index (Phi) is 5.98. The summed E-state index contributed by atoms with van der Waals surface area (Å²) in [5.74, 6) is -2.80. The minimum absolute atomic E-state index is 0.148. The van der Waals surface area contributed by atoms with Crippen molar-refractivity contribution >= 4 is 32.4 Å². The Hall–Kier alpha value is -3.25. The first kappa shape index (κ1) is 23.9. The van der Waals surface area contributed by atoms with E-state index in [9.17, 15) is 23.2 Å². The molecule has 0 radical (unpaired) electrons. The van der Waals surface area contributed by atoms with Crippen molar-refractivity contribution < 1.29 is 13.2 Å². The average Bonchev–Trinajstić information content (AvgIpc) is 2.76. The lowest BCUT2D eigenvalue weighted by Crippen LogP contribution is -2.64. The van der Waals surface area contributed by atoms with Gasteiger partial charge in [0.2, 0.25) is 0 Å². The van der Waals surface area contributed by atoms with E-state index < -0.39 is 22.8 Å². The number of rotatable bonds is 3. The van der Waals surface area contributed by atoms with E-state index in [2.05, 4.69) is 4.98 Å². The Morgan fingerprint density at radius 2 is 1.74 bits per heavy atom. The first-order valence-corrected chi connectivity index (χ1v) is 11.0. The molecule has 3 heterocycles. The number of hydrogen-bond acceptors (Lipinski definition) is 5. The highest BCUT2D eigenvalue weighted by Gasteiger charge is 2.41. The number of benzene rings is 1. The Morgan fingerprint density at radius 3 is 2.35 bits per heavy atom. The normalized spacial score (nSPS) is 19.4. The van der Waals surface area contributed by atoms with Crippen LogP contribution in [0.15, 0.2) is 35.1 Å². The fourth-order valence-corrected chi connectivity index (χ4v) is 5.10. The highest BCUT2D eigenvalue weighted by molar-refractivity contribution is 6.39. The molecule has 2 atom stereocenters. The summed E-state index contributed by atoms with van der Waals surface area (Å²) >= 11 is 0. The summed E-state index contributed by atoms with van der Waals surface area (Å²) in [4.78, 5) is 21.2. The second kappa shape index (κ2) is 8.51. The van der Waals surface area contributed by atoms with Crippen molar-refractivity contribution in [1.82, 2.24) is 14.5 Å². The Balaban J connectivity index is 1.75. The highest BCUT2D eigenvalue weighted by atomic mass is 19.1. The minimum atomic E-state index is -1.05. The summed E-state index contributed by atoms with van der Waals surface area (Å²) in [5.41, 5.74) is 1.64. The van der Waals surface area contributed by atoms with Crippen molar-refractivity contribution in [3.63, 3.8) is 0 Å². The van der Waals surface area contributed by atoms with E-state index in [-0.39, 0.29) is 28.9 Å². The summed E-state index contributed by atoms with van der Waals surface area (Å²) < 4.78 is 44.3. The maximum atomic E-state index is 14.7. The van der Waals surface area contributed by atoms with Gasteiger partial charge in [-0.2, -0.15) is 5.26 Å². The van der Waals surface area contributed by atoms with Crippen LogP contribution in [0.4, 0.5) is 18.9 Å². The van der Waals surface area contributed by atoms with Gasteiger partial charge in [-0.05, 0) is 31.3 Å². The lowest BCUT2D eigenvalue weighted by Gasteiger charge is -2.52. The fraction of sp³-hybridized carbons (Fsp3) is 0.348. The number of fused-ring (bicyclic) bond motifs is 1. The molecule has 0 N–H and O–H groups in total. The van der Waals surface area contributed by atoms with E-state index in [1.165, 1.54) is 10.6 Å². The molecule has 0 unspecified atom stereocenters. The van der Waals surface area contributed by atoms with Crippen LogP contribution >= 0.6 is 0 Å². The molecule has 1 aliphatic rings. The van der Waals surface area contributed by atoms with Gasteiger partial charge >= 0.3 is 0 Å². The zero-order valence-electron chi connectivity index (χ0n) is 19.7. The van der Waals surface area contributed by atoms with Crippen LogP contribution in [-0.2, 0) is 12.4 Å². The third-order valence-electron chi connectivity index (χ3n) is 6.82. The summed E-state index contributed by atoms with van der Waals surface area (Å²) in [5, 5.41) is 8.27. The second-order valence-electron chi connectivity index (χ2n) is 9.41. The van der Waals surface area contributed by atoms with E-state index in [4.69, 9.17) is 0 Å². The summed E-state index contributed by atoms with van der Waals surface area (Å²) in [6.07, 6.45) is 0. The number of piperazine rings is 1. The third kappa shape index (κ3) is 3.86. The van der Waals surface area contributed by atoms with Crippen molar-refractivity contribution in [2.45, 2.75) is 31.3 Å². The van der Waals surface area contributed by atoms with Gasteiger partial charge in [0.05, 0.1) is 11.2 Å². The van der Waals surface area contributed by atoms with Crippen LogP contribution in [0.2, 0.25) is 0 Å². The first-order chi connectivity index (χ1) is 15.9. The van der Waals surface area contributed by atoms with Gasteiger partial charge in [0.15, 0.2) is 0 Å². The summed E-state index contributed by atoms with van der Waals surface area (Å²) in [6.45, 7) is 4.79. The molecular weight excluding hydrogens is 441 g/mol. The van der Waals surface area contributed by atoms with Gasteiger partial charge in [-0.1, -0.05) is 0 Å². The van der Waals surface area contributed by atoms with Gasteiger partial charge in [0.25, 0.3) is 5.56 Å². The molecule has 3 aromatic rings. The van der Waals surface area contributed by atoms with Gasteiger partial charge in [0, 0.05) is 56.0 Å². The summed E-state index contributed by atoms with van der Waals surface area (Å²) in [6, 6.07) is 7.92. The molecule has 0 bridgehead atoms. The molecule has 0 amide bonds. The highest BCUT2D eigenvalue weighted by Crippen LogP contribution is 2.35. The molecular formula is C23H24B2F3N5O. The number of nitriles is 1. The zero-order valence-corrected chi connectivity index (χ0v) is 19.7. The van der Waals surface area contributed by atoms with E-state index in [1.54, 1.807) is 34.9 Å². The van der Waals surface area contributed by atoms with Crippen LogP contribution in [0.25, 0.3) is 11.0 Å². The molecule has 1 fully saturated rings. The molecule has 0 saturated carbocycles. The van der Waals surface area contributed by atoms with Crippen LogP contribution in [0, 0.1) is 28.8 Å². The van der Waals surface area contributed by atoms with Gasteiger partial charge < -0.3 is 14.4 Å². The number of anilines is 1. The Bertz CT molecular complexity index is 1360. The second-order valence-corrected chi connectivity index (χ2v) is 9.41.